The third-order valence-corrected chi connectivity index (χ3v) is 6.30. The van der Waals surface area contributed by atoms with Gasteiger partial charge in [-0.3, -0.25) is 9.59 Å². The van der Waals surface area contributed by atoms with Crippen LogP contribution in [0.4, 0.5) is 0 Å². The highest BCUT2D eigenvalue weighted by Crippen LogP contribution is 2.41. The van der Waals surface area contributed by atoms with Crippen LogP contribution in [0.25, 0.3) is 16.5 Å². The predicted molar refractivity (Wildman–Crippen MR) is 117 cm³/mol. The fourth-order valence-electron chi connectivity index (χ4n) is 3.88. The Morgan fingerprint density at radius 3 is 2.55 bits per heavy atom. The van der Waals surface area contributed by atoms with Gasteiger partial charge >= 0.3 is 0 Å². The summed E-state index contributed by atoms with van der Waals surface area (Å²) in [4.78, 5) is 28.2. The van der Waals surface area contributed by atoms with E-state index in [9.17, 15) is 14.7 Å². The molecule has 0 spiro atoms. The van der Waals surface area contributed by atoms with E-state index in [0.29, 0.717) is 12.1 Å². The Balaban J connectivity index is 1.81. The molecule has 1 atom stereocenters. The highest BCUT2D eigenvalue weighted by atomic mass is 32.1. The van der Waals surface area contributed by atoms with Crippen molar-refractivity contribution in [1.82, 2.24) is 4.90 Å². The average molecular weight is 406 g/mol. The quantitative estimate of drug-likeness (QED) is 0.254. The van der Waals surface area contributed by atoms with Gasteiger partial charge in [0.2, 0.25) is 0 Å². The Kier molecular flexibility index (Phi) is 5.49. The molecule has 2 heterocycles. The molecule has 1 saturated heterocycles. The molecule has 1 aromatic heterocycles. The number of ketones is 1. The summed E-state index contributed by atoms with van der Waals surface area (Å²) in [7, 11) is 0. The first kappa shape index (κ1) is 19.4. The van der Waals surface area contributed by atoms with Crippen molar-refractivity contribution in [2.24, 2.45) is 0 Å². The van der Waals surface area contributed by atoms with E-state index in [-0.39, 0.29) is 11.3 Å². The number of fused-ring (bicyclic) bond motifs is 1. The number of amides is 1. The van der Waals surface area contributed by atoms with Crippen LogP contribution in [0.15, 0.2) is 65.6 Å². The Bertz CT molecular complexity index is 1080. The van der Waals surface area contributed by atoms with E-state index in [0.717, 1.165) is 34.9 Å². The minimum absolute atomic E-state index is 0.106. The van der Waals surface area contributed by atoms with Gasteiger partial charge in [0.1, 0.15) is 5.76 Å². The first-order chi connectivity index (χ1) is 14.1. The summed E-state index contributed by atoms with van der Waals surface area (Å²) < 4.78 is 0. The minimum atomic E-state index is -0.606. The summed E-state index contributed by atoms with van der Waals surface area (Å²) in [6.45, 7) is 2.61. The van der Waals surface area contributed by atoms with E-state index in [4.69, 9.17) is 0 Å². The lowest BCUT2D eigenvalue weighted by molar-refractivity contribution is -0.139. The largest absolute Gasteiger partial charge is 0.507 e. The van der Waals surface area contributed by atoms with Crippen LogP contribution in [0.5, 0.6) is 0 Å². The van der Waals surface area contributed by atoms with Crippen LogP contribution in [-0.2, 0) is 9.59 Å². The number of hydrogen-bond donors (Lipinski definition) is 1. The highest BCUT2D eigenvalue weighted by molar-refractivity contribution is 7.10. The second-order valence-corrected chi connectivity index (χ2v) is 8.26. The summed E-state index contributed by atoms with van der Waals surface area (Å²) in [5.74, 6) is -1.24. The summed E-state index contributed by atoms with van der Waals surface area (Å²) in [6, 6.07) is 16.7. The van der Waals surface area contributed by atoms with Gasteiger partial charge in [-0.15, -0.1) is 11.3 Å². The fourth-order valence-corrected chi connectivity index (χ4v) is 4.72. The molecule has 4 rings (SSSR count). The number of unbranched alkanes of at least 4 members (excludes halogenated alkanes) is 2. The van der Waals surface area contributed by atoms with Crippen LogP contribution < -0.4 is 0 Å². The van der Waals surface area contributed by atoms with Crippen molar-refractivity contribution < 1.29 is 14.7 Å². The van der Waals surface area contributed by atoms with Gasteiger partial charge in [-0.05, 0) is 34.7 Å². The third kappa shape index (κ3) is 3.58. The van der Waals surface area contributed by atoms with E-state index in [1.807, 2.05) is 53.9 Å². The van der Waals surface area contributed by atoms with Crippen molar-refractivity contribution in [2.75, 3.05) is 6.54 Å². The van der Waals surface area contributed by atoms with E-state index in [1.54, 1.807) is 11.0 Å². The lowest BCUT2D eigenvalue weighted by atomic mass is 9.98. The normalized spacial score (nSPS) is 18.7. The standard InChI is InChI=1S/C24H23NO3S/c1-2-3-6-13-25-21(19-10-7-14-29-19)20(23(27)24(25)28)22(26)18-12-11-16-8-4-5-9-17(16)15-18/h4-5,7-12,14-15,21,26H,2-3,6,13H2,1H3/b22-20-. The zero-order valence-electron chi connectivity index (χ0n) is 16.3. The van der Waals surface area contributed by atoms with Gasteiger partial charge in [0.15, 0.2) is 0 Å². The molecule has 1 aliphatic rings. The molecule has 1 N–H and O–H groups in total. The summed E-state index contributed by atoms with van der Waals surface area (Å²) in [5, 5.41) is 15.1. The van der Waals surface area contributed by atoms with Crippen molar-refractivity contribution in [1.29, 1.82) is 0 Å². The van der Waals surface area contributed by atoms with Crippen molar-refractivity contribution >= 4 is 39.6 Å². The molecule has 1 aliphatic heterocycles. The van der Waals surface area contributed by atoms with Crippen LogP contribution in [-0.4, -0.2) is 28.2 Å². The summed E-state index contributed by atoms with van der Waals surface area (Å²) >= 11 is 1.49. The lowest BCUT2D eigenvalue weighted by Crippen LogP contribution is -2.30. The van der Waals surface area contributed by atoms with E-state index < -0.39 is 17.7 Å². The highest BCUT2D eigenvalue weighted by Gasteiger charge is 2.46. The van der Waals surface area contributed by atoms with Crippen molar-refractivity contribution in [3.05, 3.63) is 76.0 Å². The molecule has 3 aromatic rings. The van der Waals surface area contributed by atoms with Gasteiger partial charge in [0.05, 0.1) is 11.6 Å². The Labute approximate surface area is 174 Å². The number of aliphatic hydroxyl groups is 1. The molecular weight excluding hydrogens is 382 g/mol. The molecule has 1 amide bonds. The average Bonchev–Trinajstić information content (AvgIpc) is 3.35. The molecule has 1 unspecified atom stereocenters. The number of likely N-dealkylation sites (tertiary alicyclic amines) is 1. The second kappa shape index (κ2) is 8.21. The molecule has 0 aliphatic carbocycles. The molecule has 1 fully saturated rings. The first-order valence-corrected chi connectivity index (χ1v) is 10.8. The zero-order valence-corrected chi connectivity index (χ0v) is 17.1. The van der Waals surface area contributed by atoms with E-state index >= 15 is 0 Å². The molecule has 148 valence electrons. The van der Waals surface area contributed by atoms with Crippen LogP contribution in [0.1, 0.15) is 42.7 Å². The monoisotopic (exact) mass is 405 g/mol. The Morgan fingerprint density at radius 1 is 1.03 bits per heavy atom. The molecule has 0 radical (unpaired) electrons. The van der Waals surface area contributed by atoms with Gasteiger partial charge in [-0.25, -0.2) is 0 Å². The van der Waals surface area contributed by atoms with Crippen LogP contribution in [0, 0.1) is 0 Å². The van der Waals surface area contributed by atoms with Crippen LogP contribution in [0.3, 0.4) is 0 Å². The van der Waals surface area contributed by atoms with Crippen molar-refractivity contribution in [3.63, 3.8) is 0 Å². The Hall–Kier alpha value is -2.92. The van der Waals surface area contributed by atoms with Gasteiger partial charge in [0, 0.05) is 17.0 Å². The van der Waals surface area contributed by atoms with Gasteiger partial charge in [-0.1, -0.05) is 62.2 Å². The maximum absolute atomic E-state index is 12.9. The predicted octanol–water partition coefficient (Wildman–Crippen LogP) is 5.51. The summed E-state index contributed by atoms with van der Waals surface area (Å²) in [5.41, 5.74) is 0.737. The maximum atomic E-state index is 12.9. The minimum Gasteiger partial charge on any atom is -0.507 e. The SMILES string of the molecule is CCCCCN1C(=O)C(=O)/C(=C(\O)c2ccc3ccccc3c2)C1c1cccs1. The number of carbonyl (C=O) groups is 2. The third-order valence-electron chi connectivity index (χ3n) is 5.38. The van der Waals surface area contributed by atoms with Crippen LogP contribution >= 0.6 is 11.3 Å². The molecule has 4 nitrogen and oxygen atoms in total. The smallest absolute Gasteiger partial charge is 0.295 e. The van der Waals surface area contributed by atoms with Gasteiger partial charge in [0.25, 0.3) is 11.7 Å². The number of thiophene rings is 1. The molecule has 0 bridgehead atoms. The lowest BCUT2D eigenvalue weighted by Gasteiger charge is -2.24. The molecule has 29 heavy (non-hydrogen) atoms. The molecule has 5 heteroatoms. The molecule has 0 saturated carbocycles. The van der Waals surface area contributed by atoms with Gasteiger partial charge < -0.3 is 10.0 Å². The fraction of sp³-hybridized carbons (Fsp3) is 0.250. The van der Waals surface area contributed by atoms with Gasteiger partial charge in [-0.2, -0.15) is 0 Å². The van der Waals surface area contributed by atoms with E-state index in [2.05, 4.69) is 6.92 Å². The first-order valence-electron chi connectivity index (χ1n) is 9.92. The maximum Gasteiger partial charge on any atom is 0.295 e. The Morgan fingerprint density at radius 2 is 1.83 bits per heavy atom. The summed E-state index contributed by atoms with van der Waals surface area (Å²) in [6.07, 6.45) is 2.86. The number of Topliss-reactive ketones (excluding diaryl/α,β-unsaturated/α-hetero) is 1. The molecule has 2 aromatic carbocycles. The number of nitrogens with zero attached hydrogens (tertiary/aromatic N) is 1. The van der Waals surface area contributed by atoms with E-state index in [1.165, 1.54) is 11.3 Å². The second-order valence-electron chi connectivity index (χ2n) is 7.28. The zero-order chi connectivity index (χ0) is 20.4. The van der Waals surface area contributed by atoms with Crippen LogP contribution in [0.2, 0.25) is 0 Å². The van der Waals surface area contributed by atoms with Crippen molar-refractivity contribution in [2.45, 2.75) is 32.2 Å². The van der Waals surface area contributed by atoms with Crippen molar-refractivity contribution in [3.8, 4) is 0 Å². The number of hydrogen-bond acceptors (Lipinski definition) is 4. The number of rotatable bonds is 6. The number of aliphatic hydroxyl groups excluding tert-OH is 1. The number of benzene rings is 2. The topological polar surface area (TPSA) is 57.6 Å². The molecular formula is C24H23NO3S. The number of carbonyl (C=O) groups excluding carboxylic acids is 2.